The Labute approximate surface area is 115 Å². The molecule has 2 heteroatoms. The highest BCUT2D eigenvalue weighted by Gasteiger charge is 2.10. The highest BCUT2D eigenvalue weighted by molar-refractivity contribution is 5.62. The third-order valence-corrected chi connectivity index (χ3v) is 3.70. The molecule has 1 heterocycles. The molecule has 1 aromatic heterocycles. The van der Waals surface area contributed by atoms with Crippen LogP contribution < -0.4 is 0 Å². The van der Waals surface area contributed by atoms with Gasteiger partial charge in [0.2, 0.25) is 0 Å². The van der Waals surface area contributed by atoms with E-state index in [-0.39, 0.29) is 6.61 Å². The molecule has 0 aliphatic heterocycles. The van der Waals surface area contributed by atoms with E-state index in [1.807, 2.05) is 14.0 Å². The van der Waals surface area contributed by atoms with Crippen LogP contribution in [0.5, 0.6) is 0 Å². The second-order valence-corrected chi connectivity index (χ2v) is 5.65. The van der Waals surface area contributed by atoms with Gasteiger partial charge in [-0.25, -0.2) is 0 Å². The van der Waals surface area contributed by atoms with Crippen molar-refractivity contribution < 1.29 is 5.11 Å². The van der Waals surface area contributed by atoms with Gasteiger partial charge in [-0.15, -0.1) is 0 Å². The van der Waals surface area contributed by atoms with Crippen molar-refractivity contribution in [3.8, 4) is 11.3 Å². The number of hydrogen-bond acceptors (Lipinski definition) is 1. The lowest BCUT2D eigenvalue weighted by atomic mass is 10.0. The standard InChI is InChI=1S/C17H23NO/c1-12(2)9-14-5-7-15(8-6-14)17-10-16(11-19)13(3)18(17)4/h5-8,10,12,19H,9,11H2,1-4H3. The fourth-order valence-corrected chi connectivity index (χ4v) is 2.48. The van der Waals surface area contributed by atoms with E-state index < -0.39 is 0 Å². The molecule has 0 radical (unpaired) electrons. The van der Waals surface area contributed by atoms with Crippen LogP contribution in [0, 0.1) is 12.8 Å². The first-order valence-electron chi connectivity index (χ1n) is 6.88. The van der Waals surface area contributed by atoms with Crippen molar-refractivity contribution in [2.75, 3.05) is 0 Å². The average Bonchev–Trinajstić information content (AvgIpc) is 2.66. The minimum atomic E-state index is 0.102. The van der Waals surface area contributed by atoms with Crippen molar-refractivity contribution in [3.63, 3.8) is 0 Å². The summed E-state index contributed by atoms with van der Waals surface area (Å²) in [5.74, 6) is 0.684. The van der Waals surface area contributed by atoms with E-state index in [1.54, 1.807) is 0 Å². The molecule has 0 atom stereocenters. The first-order valence-corrected chi connectivity index (χ1v) is 6.88. The molecular formula is C17H23NO. The highest BCUT2D eigenvalue weighted by atomic mass is 16.3. The number of nitrogens with zero attached hydrogens (tertiary/aromatic N) is 1. The molecule has 19 heavy (non-hydrogen) atoms. The Morgan fingerprint density at radius 3 is 2.26 bits per heavy atom. The van der Waals surface area contributed by atoms with Gasteiger partial charge in [-0.05, 0) is 42.0 Å². The first kappa shape index (κ1) is 13.9. The number of hydrogen-bond donors (Lipinski definition) is 1. The van der Waals surface area contributed by atoms with Crippen molar-refractivity contribution >= 4 is 0 Å². The summed E-state index contributed by atoms with van der Waals surface area (Å²) < 4.78 is 2.14. The molecule has 0 aliphatic carbocycles. The normalized spacial score (nSPS) is 11.3. The van der Waals surface area contributed by atoms with Crippen molar-refractivity contribution in [2.45, 2.75) is 33.8 Å². The molecule has 0 amide bonds. The van der Waals surface area contributed by atoms with Crippen LogP contribution in [0.15, 0.2) is 30.3 Å². The van der Waals surface area contributed by atoms with E-state index >= 15 is 0 Å². The van der Waals surface area contributed by atoms with Gasteiger partial charge >= 0.3 is 0 Å². The maximum absolute atomic E-state index is 9.33. The summed E-state index contributed by atoms with van der Waals surface area (Å²) in [4.78, 5) is 0. The van der Waals surface area contributed by atoms with Crippen LogP contribution in [-0.2, 0) is 20.1 Å². The molecular weight excluding hydrogens is 234 g/mol. The lowest BCUT2D eigenvalue weighted by molar-refractivity contribution is 0.281. The Morgan fingerprint density at radius 2 is 1.79 bits per heavy atom. The van der Waals surface area contributed by atoms with E-state index in [0.717, 1.165) is 23.4 Å². The second kappa shape index (κ2) is 5.62. The Hall–Kier alpha value is -1.54. The quantitative estimate of drug-likeness (QED) is 0.888. The van der Waals surface area contributed by atoms with Gasteiger partial charge in [-0.3, -0.25) is 0 Å². The molecule has 0 fully saturated rings. The van der Waals surface area contributed by atoms with Crippen LogP contribution in [-0.4, -0.2) is 9.67 Å². The summed E-state index contributed by atoms with van der Waals surface area (Å²) >= 11 is 0. The minimum absolute atomic E-state index is 0.102. The SMILES string of the molecule is Cc1c(CO)cc(-c2ccc(CC(C)C)cc2)n1C. The zero-order valence-electron chi connectivity index (χ0n) is 12.3. The topological polar surface area (TPSA) is 25.2 Å². The lowest BCUT2D eigenvalue weighted by Gasteiger charge is -2.08. The Morgan fingerprint density at radius 1 is 1.16 bits per heavy atom. The summed E-state index contributed by atoms with van der Waals surface area (Å²) in [6.07, 6.45) is 1.12. The predicted octanol–water partition coefficient (Wildman–Crippen LogP) is 3.69. The van der Waals surface area contributed by atoms with Crippen molar-refractivity contribution in [2.24, 2.45) is 13.0 Å². The highest BCUT2D eigenvalue weighted by Crippen LogP contribution is 2.25. The maximum atomic E-state index is 9.33. The van der Waals surface area contributed by atoms with Crippen LogP contribution in [0.4, 0.5) is 0 Å². The van der Waals surface area contributed by atoms with Gasteiger partial charge in [0.1, 0.15) is 0 Å². The van der Waals surface area contributed by atoms with E-state index in [2.05, 4.69) is 48.7 Å². The predicted molar refractivity (Wildman–Crippen MR) is 80.1 cm³/mol. The van der Waals surface area contributed by atoms with Crippen LogP contribution in [0.2, 0.25) is 0 Å². The maximum Gasteiger partial charge on any atom is 0.0699 e. The molecule has 2 rings (SSSR count). The van der Waals surface area contributed by atoms with Crippen LogP contribution in [0.25, 0.3) is 11.3 Å². The third kappa shape index (κ3) is 2.90. The van der Waals surface area contributed by atoms with E-state index in [1.165, 1.54) is 11.1 Å². The van der Waals surface area contributed by atoms with Gasteiger partial charge in [0, 0.05) is 18.4 Å². The summed E-state index contributed by atoms with van der Waals surface area (Å²) in [7, 11) is 2.05. The van der Waals surface area contributed by atoms with Gasteiger partial charge in [-0.1, -0.05) is 38.1 Å². The number of aromatic nitrogens is 1. The first-order chi connectivity index (χ1) is 9.02. The van der Waals surface area contributed by atoms with E-state index in [9.17, 15) is 5.11 Å². The number of benzene rings is 1. The van der Waals surface area contributed by atoms with Crippen LogP contribution in [0.1, 0.15) is 30.7 Å². The molecule has 0 bridgehead atoms. The summed E-state index contributed by atoms with van der Waals surface area (Å²) in [6, 6.07) is 10.8. The zero-order chi connectivity index (χ0) is 14.0. The molecule has 2 nitrogen and oxygen atoms in total. The molecule has 102 valence electrons. The molecule has 0 spiro atoms. The van der Waals surface area contributed by atoms with Crippen molar-refractivity contribution in [3.05, 3.63) is 47.2 Å². The molecule has 0 saturated heterocycles. The lowest BCUT2D eigenvalue weighted by Crippen LogP contribution is -1.96. The van der Waals surface area contributed by atoms with Crippen LogP contribution >= 0.6 is 0 Å². The molecule has 0 saturated carbocycles. The van der Waals surface area contributed by atoms with Gasteiger partial charge in [-0.2, -0.15) is 0 Å². The van der Waals surface area contributed by atoms with Crippen molar-refractivity contribution in [1.29, 1.82) is 0 Å². The molecule has 1 aromatic carbocycles. The third-order valence-electron chi connectivity index (χ3n) is 3.70. The largest absolute Gasteiger partial charge is 0.392 e. The zero-order valence-corrected chi connectivity index (χ0v) is 12.3. The fourth-order valence-electron chi connectivity index (χ4n) is 2.48. The summed E-state index contributed by atoms with van der Waals surface area (Å²) in [6.45, 7) is 6.62. The Bertz CT molecular complexity index is 549. The molecule has 0 unspecified atom stereocenters. The molecule has 1 N–H and O–H groups in total. The number of aliphatic hydroxyl groups is 1. The van der Waals surface area contributed by atoms with Crippen molar-refractivity contribution in [1.82, 2.24) is 4.57 Å². The van der Waals surface area contributed by atoms with E-state index in [0.29, 0.717) is 5.92 Å². The Balaban J connectivity index is 2.32. The second-order valence-electron chi connectivity index (χ2n) is 5.65. The van der Waals surface area contributed by atoms with Gasteiger partial charge < -0.3 is 9.67 Å². The van der Waals surface area contributed by atoms with E-state index in [4.69, 9.17) is 0 Å². The monoisotopic (exact) mass is 257 g/mol. The van der Waals surface area contributed by atoms with Crippen LogP contribution in [0.3, 0.4) is 0 Å². The number of rotatable bonds is 4. The molecule has 2 aromatic rings. The summed E-state index contributed by atoms with van der Waals surface area (Å²) in [5.41, 5.74) is 5.88. The smallest absolute Gasteiger partial charge is 0.0699 e. The van der Waals surface area contributed by atoms with Gasteiger partial charge in [0.15, 0.2) is 0 Å². The Kier molecular flexibility index (Phi) is 4.11. The average molecular weight is 257 g/mol. The number of aliphatic hydroxyl groups excluding tert-OH is 1. The summed E-state index contributed by atoms with van der Waals surface area (Å²) in [5, 5.41) is 9.33. The minimum Gasteiger partial charge on any atom is -0.392 e. The molecule has 0 aliphatic rings. The van der Waals surface area contributed by atoms with Gasteiger partial charge in [0.25, 0.3) is 0 Å². The van der Waals surface area contributed by atoms with Gasteiger partial charge in [0.05, 0.1) is 6.61 Å². The fraction of sp³-hybridized carbons (Fsp3) is 0.412.